The molecule has 0 saturated carbocycles. The molecule has 2 aliphatic heterocycles. The Labute approximate surface area is 158 Å². The number of aryl methyl sites for hydroxylation is 1. The van der Waals surface area contributed by atoms with Crippen molar-refractivity contribution in [2.45, 2.75) is 25.5 Å². The van der Waals surface area contributed by atoms with Crippen LogP contribution in [0.4, 0.5) is 5.82 Å². The van der Waals surface area contributed by atoms with Crippen molar-refractivity contribution < 1.29 is 9.47 Å². The number of anilines is 1. The first kappa shape index (κ1) is 17.9. The summed E-state index contributed by atoms with van der Waals surface area (Å²) in [5, 5.41) is 3.37. The molecule has 4 heterocycles. The highest BCUT2D eigenvalue weighted by Gasteiger charge is 2.43. The van der Waals surface area contributed by atoms with Gasteiger partial charge in [-0.1, -0.05) is 0 Å². The van der Waals surface area contributed by atoms with Crippen molar-refractivity contribution in [3.63, 3.8) is 0 Å². The van der Waals surface area contributed by atoms with Gasteiger partial charge >= 0.3 is 0 Å². The third kappa shape index (κ3) is 4.40. The number of nitrogens with zero attached hydrogens (tertiary/aromatic N) is 3. The number of thiophene rings is 1. The molecule has 0 radical (unpaired) electrons. The fourth-order valence-electron chi connectivity index (χ4n) is 3.83. The van der Waals surface area contributed by atoms with Crippen molar-refractivity contribution in [1.82, 2.24) is 14.9 Å². The Morgan fingerprint density at radius 1 is 1.38 bits per heavy atom. The molecular weight excluding hydrogens is 348 g/mol. The summed E-state index contributed by atoms with van der Waals surface area (Å²) in [6.45, 7) is 8.13. The van der Waals surface area contributed by atoms with E-state index in [2.05, 4.69) is 39.2 Å². The van der Waals surface area contributed by atoms with Crippen molar-refractivity contribution in [3.05, 3.63) is 40.5 Å². The van der Waals surface area contributed by atoms with Crippen LogP contribution in [0.2, 0.25) is 0 Å². The third-order valence-corrected chi connectivity index (χ3v) is 6.01. The summed E-state index contributed by atoms with van der Waals surface area (Å²) in [7, 11) is 0. The molecule has 7 heteroatoms. The molecule has 2 aromatic rings. The van der Waals surface area contributed by atoms with E-state index in [-0.39, 0.29) is 5.60 Å². The molecular formula is C19H26N4O2S. The second kappa shape index (κ2) is 8.00. The average Bonchev–Trinajstić information content (AvgIpc) is 3.18. The smallest absolute Gasteiger partial charge is 0.144 e. The minimum Gasteiger partial charge on any atom is -0.377 e. The van der Waals surface area contributed by atoms with Gasteiger partial charge in [-0.05, 0) is 25.5 Å². The normalized spacial score (nSPS) is 26.9. The van der Waals surface area contributed by atoms with Gasteiger partial charge in [0.25, 0.3) is 0 Å². The maximum atomic E-state index is 6.30. The van der Waals surface area contributed by atoms with Crippen LogP contribution in [0.3, 0.4) is 0 Å². The van der Waals surface area contributed by atoms with Gasteiger partial charge in [0, 0.05) is 54.2 Å². The molecule has 6 nitrogen and oxygen atoms in total. The monoisotopic (exact) mass is 374 g/mol. The maximum absolute atomic E-state index is 6.30. The van der Waals surface area contributed by atoms with Gasteiger partial charge < -0.3 is 14.8 Å². The molecule has 0 aromatic carbocycles. The summed E-state index contributed by atoms with van der Waals surface area (Å²) in [5.41, 5.74) is -0.183. The van der Waals surface area contributed by atoms with Crippen LogP contribution in [0.1, 0.15) is 16.2 Å². The van der Waals surface area contributed by atoms with Crippen LogP contribution in [0.5, 0.6) is 0 Å². The van der Waals surface area contributed by atoms with Gasteiger partial charge in [0.1, 0.15) is 11.4 Å². The fraction of sp³-hybridized carbons (Fsp3) is 0.579. The van der Waals surface area contributed by atoms with Gasteiger partial charge in [-0.15, -0.1) is 11.3 Å². The topological polar surface area (TPSA) is 59.5 Å². The molecule has 0 amide bonds. The van der Waals surface area contributed by atoms with Gasteiger partial charge in [0.2, 0.25) is 0 Å². The Morgan fingerprint density at radius 3 is 3.15 bits per heavy atom. The lowest BCUT2D eigenvalue weighted by atomic mass is 9.94. The van der Waals surface area contributed by atoms with Crippen molar-refractivity contribution in [1.29, 1.82) is 0 Å². The second-order valence-electron chi connectivity index (χ2n) is 7.31. The van der Waals surface area contributed by atoms with Crippen LogP contribution in [-0.2, 0) is 16.0 Å². The number of rotatable bonds is 5. The quantitative estimate of drug-likeness (QED) is 0.868. The molecule has 4 rings (SSSR count). The molecule has 2 atom stereocenters. The number of nitrogens with one attached hydrogen (secondary N) is 1. The Morgan fingerprint density at radius 2 is 2.35 bits per heavy atom. The van der Waals surface area contributed by atoms with E-state index < -0.39 is 0 Å². The van der Waals surface area contributed by atoms with E-state index in [4.69, 9.17) is 9.47 Å². The van der Waals surface area contributed by atoms with E-state index >= 15 is 0 Å². The Balaban J connectivity index is 1.34. The predicted octanol–water partition coefficient (Wildman–Crippen LogP) is 2.57. The standard InChI is InChI=1S/C19H26N4O2S/c1-15-2-3-17(26-15)11-23-6-7-24-14-19(13-23)8-16(12-25-19)9-22-18-10-20-4-5-21-18/h2-5,10,16H,6-9,11-14H2,1H3,(H,21,22). The largest absolute Gasteiger partial charge is 0.377 e. The minimum absolute atomic E-state index is 0.183. The first-order valence-electron chi connectivity index (χ1n) is 9.20. The fourth-order valence-corrected chi connectivity index (χ4v) is 4.76. The van der Waals surface area contributed by atoms with Crippen molar-refractivity contribution in [3.8, 4) is 0 Å². The summed E-state index contributed by atoms with van der Waals surface area (Å²) >= 11 is 1.88. The Kier molecular flexibility index (Phi) is 5.49. The highest BCUT2D eigenvalue weighted by atomic mass is 32.1. The Hall–Kier alpha value is -1.54. The lowest BCUT2D eigenvalue weighted by Crippen LogP contribution is -2.43. The maximum Gasteiger partial charge on any atom is 0.144 e. The highest BCUT2D eigenvalue weighted by Crippen LogP contribution is 2.33. The minimum atomic E-state index is -0.183. The second-order valence-corrected chi connectivity index (χ2v) is 8.68. The average molecular weight is 375 g/mol. The predicted molar refractivity (Wildman–Crippen MR) is 102 cm³/mol. The summed E-state index contributed by atoms with van der Waals surface area (Å²) < 4.78 is 12.2. The van der Waals surface area contributed by atoms with Gasteiger partial charge in [-0.2, -0.15) is 0 Å². The molecule has 26 heavy (non-hydrogen) atoms. The van der Waals surface area contributed by atoms with E-state index in [9.17, 15) is 0 Å². The lowest BCUT2D eigenvalue weighted by molar-refractivity contribution is -0.0561. The lowest BCUT2D eigenvalue weighted by Gasteiger charge is -2.31. The molecule has 2 saturated heterocycles. The first-order valence-corrected chi connectivity index (χ1v) is 10.0. The van der Waals surface area contributed by atoms with E-state index in [1.807, 2.05) is 11.3 Å². The zero-order valence-electron chi connectivity index (χ0n) is 15.2. The number of ether oxygens (including phenoxy) is 2. The molecule has 2 fully saturated rings. The molecule has 2 aromatic heterocycles. The Bertz CT molecular complexity index is 711. The van der Waals surface area contributed by atoms with Crippen LogP contribution in [-0.4, -0.2) is 59.9 Å². The van der Waals surface area contributed by atoms with E-state index in [0.717, 1.165) is 51.6 Å². The van der Waals surface area contributed by atoms with Crippen LogP contribution in [0, 0.1) is 12.8 Å². The van der Waals surface area contributed by atoms with Gasteiger partial charge in [-0.3, -0.25) is 9.88 Å². The zero-order valence-corrected chi connectivity index (χ0v) is 16.0. The molecule has 0 aliphatic carbocycles. The van der Waals surface area contributed by atoms with E-state index in [0.29, 0.717) is 12.5 Å². The van der Waals surface area contributed by atoms with E-state index in [1.165, 1.54) is 9.75 Å². The van der Waals surface area contributed by atoms with Gasteiger partial charge in [-0.25, -0.2) is 4.98 Å². The number of hydrogen-bond acceptors (Lipinski definition) is 7. The zero-order chi connectivity index (χ0) is 17.8. The van der Waals surface area contributed by atoms with Crippen molar-refractivity contribution >= 4 is 17.2 Å². The van der Waals surface area contributed by atoms with E-state index in [1.54, 1.807) is 18.6 Å². The molecule has 2 unspecified atom stereocenters. The number of aromatic nitrogens is 2. The van der Waals surface area contributed by atoms with Crippen LogP contribution >= 0.6 is 11.3 Å². The molecule has 0 bridgehead atoms. The van der Waals surface area contributed by atoms with Crippen LogP contribution in [0.25, 0.3) is 0 Å². The summed E-state index contributed by atoms with van der Waals surface area (Å²) in [4.78, 5) is 13.6. The van der Waals surface area contributed by atoms with Crippen LogP contribution in [0.15, 0.2) is 30.7 Å². The number of hydrogen-bond donors (Lipinski definition) is 1. The van der Waals surface area contributed by atoms with Gasteiger partial charge in [0.05, 0.1) is 26.0 Å². The van der Waals surface area contributed by atoms with Crippen LogP contribution < -0.4 is 5.32 Å². The first-order chi connectivity index (χ1) is 12.7. The summed E-state index contributed by atoms with van der Waals surface area (Å²) in [6.07, 6.45) is 6.16. The van der Waals surface area contributed by atoms with Gasteiger partial charge in [0.15, 0.2) is 0 Å². The highest BCUT2D eigenvalue weighted by molar-refractivity contribution is 7.11. The summed E-state index contributed by atoms with van der Waals surface area (Å²) in [6, 6.07) is 4.44. The summed E-state index contributed by atoms with van der Waals surface area (Å²) in [5.74, 6) is 1.28. The van der Waals surface area contributed by atoms with Crippen molar-refractivity contribution in [2.24, 2.45) is 5.92 Å². The van der Waals surface area contributed by atoms with Crippen molar-refractivity contribution in [2.75, 3.05) is 44.8 Å². The molecule has 1 spiro atoms. The SMILES string of the molecule is Cc1ccc(CN2CCOCC3(CC(CNc4cnccn4)CO3)C2)s1. The third-order valence-electron chi connectivity index (χ3n) is 5.03. The molecule has 2 aliphatic rings. The molecule has 140 valence electrons. The molecule has 1 N–H and O–H groups in total.